The second kappa shape index (κ2) is 11.0. The van der Waals surface area contributed by atoms with Gasteiger partial charge >= 0.3 is 0 Å². The Hall–Kier alpha value is -3.61. The molecule has 0 spiro atoms. The van der Waals surface area contributed by atoms with E-state index in [1.54, 1.807) is 28.0 Å². The van der Waals surface area contributed by atoms with Crippen molar-refractivity contribution in [3.63, 3.8) is 0 Å². The number of nitrogens with zero attached hydrogens (tertiary/aromatic N) is 8. The first-order valence-corrected chi connectivity index (χ1v) is 13.1. The molecule has 0 bridgehead atoms. The van der Waals surface area contributed by atoms with Crippen LogP contribution in [-0.4, -0.2) is 70.7 Å². The van der Waals surface area contributed by atoms with Crippen molar-refractivity contribution in [2.24, 2.45) is 25.9 Å². The number of pyridine rings is 1. The van der Waals surface area contributed by atoms with Crippen molar-refractivity contribution in [2.75, 3.05) is 36.8 Å². The molecule has 12 heteroatoms. The lowest BCUT2D eigenvalue weighted by molar-refractivity contribution is 0.112. The standard InChI is InChI=1S/C26H37N11O/c1-16-8-17(2)14-37(13-16)7-6-27-25(38)19-9-22(18(3)28-10-19)32-23-21-12-29-26(33-24(21)36(5)34-23)31-20-11-30-35(4)15-20/h9-12,15-17,25,27,38H,6-8,13-14H2,1-5H3,(H,32,34)(H,29,31,33). The van der Waals surface area contributed by atoms with Gasteiger partial charge in [0.05, 0.1) is 28.7 Å². The molecule has 4 N–H and O–H groups in total. The van der Waals surface area contributed by atoms with Crippen molar-refractivity contribution in [2.45, 2.75) is 33.4 Å². The first kappa shape index (κ1) is 26.0. The SMILES string of the molecule is Cc1ncc(C(O)NCCN2CC(C)CC(C)C2)cc1Nc1nn(C)c2nc(Nc3cnn(C)c3)ncc12. The smallest absolute Gasteiger partial charge is 0.229 e. The Balaban J connectivity index is 1.26. The summed E-state index contributed by atoms with van der Waals surface area (Å²) in [6, 6.07) is 1.91. The summed E-state index contributed by atoms with van der Waals surface area (Å²) in [6.45, 7) is 10.4. The molecule has 4 aromatic rings. The average molecular weight is 520 g/mol. The molecule has 5 rings (SSSR count). The van der Waals surface area contributed by atoms with E-state index >= 15 is 0 Å². The highest BCUT2D eigenvalue weighted by Crippen LogP contribution is 2.28. The van der Waals surface area contributed by atoms with Gasteiger partial charge in [0.2, 0.25) is 5.95 Å². The van der Waals surface area contributed by atoms with Crippen LogP contribution >= 0.6 is 0 Å². The maximum Gasteiger partial charge on any atom is 0.229 e. The fourth-order valence-electron chi connectivity index (χ4n) is 5.21. The van der Waals surface area contributed by atoms with Crippen LogP contribution in [0.4, 0.5) is 23.1 Å². The van der Waals surface area contributed by atoms with Crippen LogP contribution in [0.1, 0.15) is 37.8 Å². The van der Waals surface area contributed by atoms with Crippen LogP contribution in [-0.2, 0) is 14.1 Å². The van der Waals surface area contributed by atoms with E-state index in [0.717, 1.165) is 53.9 Å². The minimum atomic E-state index is -0.812. The van der Waals surface area contributed by atoms with Gasteiger partial charge in [-0.1, -0.05) is 13.8 Å². The van der Waals surface area contributed by atoms with Crippen molar-refractivity contribution in [1.82, 2.24) is 44.7 Å². The molecule has 0 radical (unpaired) electrons. The number of nitrogens with one attached hydrogen (secondary N) is 3. The molecule has 5 heterocycles. The third-order valence-corrected chi connectivity index (χ3v) is 6.93. The zero-order valence-electron chi connectivity index (χ0n) is 22.7. The van der Waals surface area contributed by atoms with Gasteiger partial charge in [-0.25, -0.2) is 9.67 Å². The fourth-order valence-corrected chi connectivity index (χ4v) is 5.21. The Kier molecular flexibility index (Phi) is 7.54. The number of likely N-dealkylation sites (tertiary alicyclic amines) is 1. The van der Waals surface area contributed by atoms with Crippen molar-refractivity contribution in [3.05, 3.63) is 42.1 Å². The Bertz CT molecular complexity index is 1390. The second-order valence-electron chi connectivity index (χ2n) is 10.5. The Labute approximate surface area is 222 Å². The number of fused-ring (bicyclic) bond motifs is 1. The molecule has 3 unspecified atom stereocenters. The van der Waals surface area contributed by atoms with Crippen LogP contribution in [0.25, 0.3) is 11.0 Å². The topological polar surface area (TPSA) is 134 Å². The number of piperidine rings is 1. The molecular formula is C26H37N11O. The van der Waals surface area contributed by atoms with E-state index in [4.69, 9.17) is 0 Å². The summed E-state index contributed by atoms with van der Waals surface area (Å²) in [6.07, 6.45) is 7.49. The summed E-state index contributed by atoms with van der Waals surface area (Å²) in [7, 11) is 3.69. The molecule has 0 amide bonds. The number of aliphatic hydroxyl groups is 1. The summed E-state index contributed by atoms with van der Waals surface area (Å²) >= 11 is 0. The lowest BCUT2D eigenvalue weighted by Gasteiger charge is -2.35. The van der Waals surface area contributed by atoms with Crippen LogP contribution in [0.2, 0.25) is 0 Å². The van der Waals surface area contributed by atoms with Gasteiger partial charge in [-0.15, -0.1) is 0 Å². The first-order valence-electron chi connectivity index (χ1n) is 13.1. The third-order valence-electron chi connectivity index (χ3n) is 6.93. The molecule has 1 aliphatic rings. The van der Waals surface area contributed by atoms with E-state index in [1.165, 1.54) is 6.42 Å². The molecule has 38 heavy (non-hydrogen) atoms. The van der Waals surface area contributed by atoms with Gasteiger partial charge in [0.1, 0.15) is 6.23 Å². The third kappa shape index (κ3) is 5.93. The van der Waals surface area contributed by atoms with Crippen molar-refractivity contribution < 1.29 is 5.11 Å². The van der Waals surface area contributed by atoms with Gasteiger partial charge in [0.25, 0.3) is 0 Å². The van der Waals surface area contributed by atoms with E-state index in [-0.39, 0.29) is 0 Å². The molecule has 1 aliphatic heterocycles. The maximum atomic E-state index is 10.8. The van der Waals surface area contributed by atoms with Gasteiger partial charge in [0.15, 0.2) is 11.5 Å². The number of aryl methyl sites for hydroxylation is 3. The molecule has 202 valence electrons. The van der Waals surface area contributed by atoms with Crippen molar-refractivity contribution >= 4 is 34.2 Å². The van der Waals surface area contributed by atoms with E-state index in [1.807, 2.05) is 33.3 Å². The Morgan fingerprint density at radius 3 is 2.61 bits per heavy atom. The van der Waals surface area contributed by atoms with Gasteiger partial charge in [-0.3, -0.25) is 15.0 Å². The highest BCUT2D eigenvalue weighted by atomic mass is 16.3. The molecule has 0 aliphatic carbocycles. The Morgan fingerprint density at radius 2 is 1.87 bits per heavy atom. The number of hydrogen-bond acceptors (Lipinski definition) is 10. The fraction of sp³-hybridized carbons (Fsp3) is 0.500. The number of rotatable bonds is 9. The van der Waals surface area contributed by atoms with E-state index in [2.05, 4.69) is 59.8 Å². The number of aliphatic hydroxyl groups excluding tert-OH is 1. The summed E-state index contributed by atoms with van der Waals surface area (Å²) in [5.41, 5.74) is 3.74. The van der Waals surface area contributed by atoms with Crippen molar-refractivity contribution in [1.29, 1.82) is 0 Å². The zero-order chi connectivity index (χ0) is 26.8. The maximum absolute atomic E-state index is 10.8. The molecule has 3 atom stereocenters. The van der Waals surface area contributed by atoms with E-state index in [0.29, 0.717) is 29.5 Å². The molecule has 0 saturated carbocycles. The number of anilines is 4. The normalized spacial score (nSPS) is 19.1. The van der Waals surface area contributed by atoms with Gasteiger partial charge in [-0.05, 0) is 31.2 Å². The van der Waals surface area contributed by atoms with E-state index in [9.17, 15) is 5.11 Å². The van der Waals surface area contributed by atoms with Gasteiger partial charge in [0, 0.05) is 64.4 Å². The molecule has 0 aromatic carbocycles. The lowest BCUT2D eigenvalue weighted by Crippen LogP contribution is -2.42. The summed E-state index contributed by atoms with van der Waals surface area (Å²) < 4.78 is 3.42. The largest absolute Gasteiger partial charge is 0.374 e. The zero-order valence-corrected chi connectivity index (χ0v) is 22.7. The first-order chi connectivity index (χ1) is 18.2. The molecule has 12 nitrogen and oxygen atoms in total. The monoisotopic (exact) mass is 519 g/mol. The van der Waals surface area contributed by atoms with E-state index < -0.39 is 6.23 Å². The minimum absolute atomic E-state index is 0.461. The number of aromatic nitrogens is 7. The van der Waals surface area contributed by atoms with Crippen LogP contribution in [0.5, 0.6) is 0 Å². The summed E-state index contributed by atoms with van der Waals surface area (Å²) in [5, 5.41) is 30.1. The number of hydrogen-bond donors (Lipinski definition) is 4. The molecular weight excluding hydrogens is 482 g/mol. The predicted molar refractivity (Wildman–Crippen MR) is 147 cm³/mol. The van der Waals surface area contributed by atoms with Crippen LogP contribution in [0, 0.1) is 18.8 Å². The molecule has 4 aromatic heterocycles. The van der Waals surface area contributed by atoms with Crippen LogP contribution in [0.3, 0.4) is 0 Å². The molecule has 1 saturated heterocycles. The van der Waals surface area contributed by atoms with Gasteiger partial charge < -0.3 is 20.6 Å². The van der Waals surface area contributed by atoms with Crippen LogP contribution < -0.4 is 16.0 Å². The highest BCUT2D eigenvalue weighted by Gasteiger charge is 2.21. The predicted octanol–water partition coefficient (Wildman–Crippen LogP) is 2.85. The quantitative estimate of drug-likeness (QED) is 0.245. The molecule has 1 fully saturated rings. The lowest BCUT2D eigenvalue weighted by atomic mass is 9.92. The van der Waals surface area contributed by atoms with Crippen molar-refractivity contribution in [3.8, 4) is 0 Å². The van der Waals surface area contributed by atoms with Crippen LogP contribution in [0.15, 0.2) is 30.9 Å². The second-order valence-corrected chi connectivity index (χ2v) is 10.5. The van der Waals surface area contributed by atoms with Gasteiger partial charge in [-0.2, -0.15) is 15.2 Å². The highest BCUT2D eigenvalue weighted by molar-refractivity contribution is 5.89. The minimum Gasteiger partial charge on any atom is -0.374 e. The summed E-state index contributed by atoms with van der Waals surface area (Å²) in [5.74, 6) is 2.52. The average Bonchev–Trinajstić information content (AvgIpc) is 3.41. The Morgan fingerprint density at radius 1 is 1.08 bits per heavy atom. The summed E-state index contributed by atoms with van der Waals surface area (Å²) in [4.78, 5) is 16.1.